The molecule has 0 aromatic heterocycles. The molecule has 2 aliphatic heterocycles. The second kappa shape index (κ2) is 7.46. The largest absolute Gasteiger partial charge is 0.488 e. The molecule has 2 aromatic carbocycles. The number of hydrogen-bond acceptors (Lipinski definition) is 4. The van der Waals surface area contributed by atoms with E-state index in [1.807, 2.05) is 36.4 Å². The van der Waals surface area contributed by atoms with Crippen molar-refractivity contribution < 1.29 is 14.1 Å². The smallest absolute Gasteiger partial charge is 0.137 e. The zero-order chi connectivity index (χ0) is 18.9. The summed E-state index contributed by atoms with van der Waals surface area (Å²) in [6.45, 7) is 0.368. The van der Waals surface area contributed by atoms with Gasteiger partial charge in [-0.1, -0.05) is 42.8 Å². The Morgan fingerprint density at radius 3 is 2.52 bits per heavy atom. The van der Waals surface area contributed by atoms with Crippen molar-refractivity contribution >= 4 is 10.8 Å². The van der Waals surface area contributed by atoms with E-state index >= 15 is 0 Å². The molecule has 2 bridgehead atoms. The van der Waals surface area contributed by atoms with Crippen LogP contribution in [0.4, 0.5) is 0 Å². The Morgan fingerprint density at radius 1 is 1.15 bits per heavy atom. The lowest BCUT2D eigenvalue weighted by Gasteiger charge is -2.43. The lowest BCUT2D eigenvalue weighted by atomic mass is 9.80. The summed E-state index contributed by atoms with van der Waals surface area (Å²) < 4.78 is 18.4. The minimum Gasteiger partial charge on any atom is -0.488 e. The normalized spacial score (nSPS) is 29.7. The number of benzene rings is 2. The Bertz CT molecular complexity index is 874. The third-order valence-corrected chi connectivity index (χ3v) is 7.84. The van der Waals surface area contributed by atoms with Crippen LogP contribution in [0.15, 0.2) is 48.5 Å². The standard InChI is InChI=1S/C22H23NO3S/c23-14-17-9-10-18(11-21(17)26-15-16-5-2-1-3-6-16)22(24)12-19-7-4-8-20(13-22)27(19)25/h1-3,5-6,9-11,19-20,24H,4,7-8,12-13,15H2. The fourth-order valence-corrected chi connectivity index (χ4v) is 6.50. The van der Waals surface area contributed by atoms with Gasteiger partial charge in [-0.05, 0) is 48.9 Å². The summed E-state index contributed by atoms with van der Waals surface area (Å²) in [4.78, 5) is 0. The molecule has 4 rings (SSSR count). The third-order valence-electron chi connectivity index (χ3n) is 5.72. The molecule has 0 radical (unpaired) electrons. The van der Waals surface area contributed by atoms with Crippen LogP contribution in [0.2, 0.25) is 0 Å². The molecule has 2 atom stereocenters. The minimum absolute atomic E-state index is 0.0619. The average molecular weight is 381 g/mol. The number of hydrogen-bond donors (Lipinski definition) is 1. The van der Waals surface area contributed by atoms with Gasteiger partial charge in [0, 0.05) is 21.3 Å². The predicted octanol–water partition coefficient (Wildman–Crippen LogP) is 3.79. The highest BCUT2D eigenvalue weighted by atomic mass is 32.2. The highest BCUT2D eigenvalue weighted by Crippen LogP contribution is 2.45. The van der Waals surface area contributed by atoms with Gasteiger partial charge in [0.05, 0.1) is 11.2 Å². The zero-order valence-corrected chi connectivity index (χ0v) is 16.0. The highest BCUT2D eigenvalue weighted by Gasteiger charge is 2.46. The Balaban J connectivity index is 1.60. The van der Waals surface area contributed by atoms with E-state index < -0.39 is 16.4 Å². The molecule has 0 aliphatic carbocycles. The van der Waals surface area contributed by atoms with Crippen molar-refractivity contribution in [3.05, 3.63) is 65.2 Å². The Hall–Kier alpha value is -2.16. The Morgan fingerprint density at radius 2 is 1.85 bits per heavy atom. The Kier molecular flexibility index (Phi) is 5.03. The monoisotopic (exact) mass is 381 g/mol. The average Bonchev–Trinajstić information content (AvgIpc) is 2.68. The summed E-state index contributed by atoms with van der Waals surface area (Å²) in [6.07, 6.45) is 3.95. The van der Waals surface area contributed by atoms with E-state index in [2.05, 4.69) is 6.07 Å². The first kappa shape index (κ1) is 18.2. The molecule has 2 saturated heterocycles. The molecule has 2 aromatic rings. The van der Waals surface area contributed by atoms with E-state index in [9.17, 15) is 14.6 Å². The van der Waals surface area contributed by atoms with Crippen LogP contribution in [0, 0.1) is 11.3 Å². The molecule has 5 heteroatoms. The van der Waals surface area contributed by atoms with Gasteiger partial charge in [-0.15, -0.1) is 0 Å². The summed E-state index contributed by atoms with van der Waals surface area (Å²) in [5, 5.41) is 20.9. The van der Waals surface area contributed by atoms with Gasteiger partial charge in [0.25, 0.3) is 0 Å². The van der Waals surface area contributed by atoms with Crippen molar-refractivity contribution in [3.63, 3.8) is 0 Å². The molecule has 140 valence electrons. The van der Waals surface area contributed by atoms with Crippen LogP contribution in [0.25, 0.3) is 0 Å². The van der Waals surface area contributed by atoms with Crippen molar-refractivity contribution in [2.45, 2.75) is 54.8 Å². The van der Waals surface area contributed by atoms with Crippen LogP contribution in [0.1, 0.15) is 48.8 Å². The summed E-state index contributed by atoms with van der Waals surface area (Å²) in [6, 6.07) is 17.3. The number of nitrogens with zero attached hydrogens (tertiary/aromatic N) is 1. The maximum Gasteiger partial charge on any atom is 0.137 e. The molecule has 0 saturated carbocycles. The van der Waals surface area contributed by atoms with E-state index in [1.54, 1.807) is 12.1 Å². The molecular weight excluding hydrogens is 358 g/mol. The van der Waals surface area contributed by atoms with Gasteiger partial charge in [0.15, 0.2) is 0 Å². The fraction of sp³-hybridized carbons (Fsp3) is 0.409. The molecule has 27 heavy (non-hydrogen) atoms. The SMILES string of the molecule is N#Cc1ccc(C2(O)CC3CCCC(C2)S3=O)cc1OCc1ccccc1. The van der Waals surface area contributed by atoms with Crippen LogP contribution in [-0.4, -0.2) is 19.8 Å². The van der Waals surface area contributed by atoms with Crippen LogP contribution < -0.4 is 4.74 Å². The van der Waals surface area contributed by atoms with Gasteiger partial charge in [0.2, 0.25) is 0 Å². The van der Waals surface area contributed by atoms with Gasteiger partial charge < -0.3 is 9.84 Å². The van der Waals surface area contributed by atoms with Crippen LogP contribution >= 0.6 is 0 Å². The molecule has 1 N–H and O–H groups in total. The first-order chi connectivity index (χ1) is 13.1. The van der Waals surface area contributed by atoms with E-state index in [1.165, 1.54) is 0 Å². The number of rotatable bonds is 4. The van der Waals surface area contributed by atoms with Crippen molar-refractivity contribution in [1.82, 2.24) is 0 Å². The second-order valence-electron chi connectivity index (χ2n) is 7.54. The third kappa shape index (κ3) is 3.65. The molecule has 2 unspecified atom stereocenters. The van der Waals surface area contributed by atoms with E-state index in [0.29, 0.717) is 30.8 Å². The molecule has 4 nitrogen and oxygen atoms in total. The molecule has 0 amide bonds. The molecule has 2 heterocycles. The van der Waals surface area contributed by atoms with Crippen molar-refractivity contribution in [2.24, 2.45) is 0 Å². The molecular formula is C22H23NO3S. The topological polar surface area (TPSA) is 70.3 Å². The lowest BCUT2D eigenvalue weighted by Crippen LogP contribution is -2.47. The van der Waals surface area contributed by atoms with E-state index in [4.69, 9.17) is 4.74 Å². The lowest BCUT2D eigenvalue weighted by molar-refractivity contribution is 0.00631. The quantitative estimate of drug-likeness (QED) is 0.875. The second-order valence-corrected chi connectivity index (χ2v) is 9.53. The number of nitriles is 1. The number of ether oxygens (including phenoxy) is 1. The number of fused-ring (bicyclic) bond motifs is 2. The van der Waals surface area contributed by atoms with Gasteiger partial charge in [-0.2, -0.15) is 5.26 Å². The summed E-state index contributed by atoms with van der Waals surface area (Å²) in [5.74, 6) is 0.490. The summed E-state index contributed by atoms with van der Waals surface area (Å²) >= 11 is 0. The van der Waals surface area contributed by atoms with Crippen molar-refractivity contribution in [3.8, 4) is 11.8 Å². The molecule has 2 aliphatic rings. The van der Waals surface area contributed by atoms with Crippen LogP contribution in [0.3, 0.4) is 0 Å². The van der Waals surface area contributed by atoms with E-state index in [0.717, 1.165) is 30.4 Å². The Labute approximate surface area is 162 Å². The van der Waals surface area contributed by atoms with Crippen molar-refractivity contribution in [2.75, 3.05) is 0 Å². The fourth-order valence-electron chi connectivity index (χ4n) is 4.28. The van der Waals surface area contributed by atoms with Gasteiger partial charge in [0.1, 0.15) is 18.4 Å². The molecule has 2 fully saturated rings. The summed E-state index contributed by atoms with van der Waals surface area (Å²) in [7, 11) is -0.840. The van der Waals surface area contributed by atoms with Crippen LogP contribution in [-0.2, 0) is 23.0 Å². The zero-order valence-electron chi connectivity index (χ0n) is 15.1. The predicted molar refractivity (Wildman–Crippen MR) is 105 cm³/mol. The first-order valence-electron chi connectivity index (χ1n) is 9.42. The maximum atomic E-state index is 12.5. The number of aliphatic hydroxyl groups is 1. The molecule has 0 spiro atoms. The van der Waals surface area contributed by atoms with Crippen molar-refractivity contribution in [1.29, 1.82) is 5.26 Å². The van der Waals surface area contributed by atoms with Gasteiger partial charge in [-0.3, -0.25) is 4.21 Å². The maximum absolute atomic E-state index is 12.5. The van der Waals surface area contributed by atoms with E-state index in [-0.39, 0.29) is 10.5 Å². The van der Waals surface area contributed by atoms with Gasteiger partial charge >= 0.3 is 0 Å². The minimum atomic E-state index is -0.998. The van der Waals surface area contributed by atoms with Gasteiger partial charge in [-0.25, -0.2) is 0 Å². The van der Waals surface area contributed by atoms with Crippen LogP contribution in [0.5, 0.6) is 5.75 Å². The highest BCUT2D eigenvalue weighted by molar-refractivity contribution is 7.86. The first-order valence-corrected chi connectivity index (χ1v) is 10.7. The summed E-state index contributed by atoms with van der Waals surface area (Å²) in [5.41, 5.74) is 1.24.